The fraction of sp³-hybridized carbons (Fsp3) is 0.278. The molecule has 0 amide bonds. The Balaban J connectivity index is 1.89. The molecule has 0 bridgehead atoms. The lowest BCUT2D eigenvalue weighted by Gasteiger charge is -2.41. The number of rotatable bonds is 4. The van der Waals surface area contributed by atoms with Gasteiger partial charge in [0.15, 0.2) is 0 Å². The molecule has 1 saturated carbocycles. The van der Waals surface area contributed by atoms with Gasteiger partial charge in [-0.05, 0) is 42.2 Å². The lowest BCUT2D eigenvalue weighted by molar-refractivity contribution is -0.127. The molecule has 0 aliphatic heterocycles. The molecular weight excluding hydrogens is 331 g/mol. The molecule has 1 nitrogen and oxygen atoms in total. The van der Waals surface area contributed by atoms with Crippen LogP contribution >= 0.6 is 15.9 Å². The van der Waals surface area contributed by atoms with Crippen LogP contribution in [-0.2, 0) is 16.6 Å². The van der Waals surface area contributed by atoms with Crippen molar-refractivity contribution in [2.24, 2.45) is 0 Å². The molecule has 0 radical (unpaired) electrons. The average molecular weight is 347 g/mol. The maximum Gasteiger partial charge on any atom is 0.147 e. The topological polar surface area (TPSA) is 17.1 Å². The summed E-state index contributed by atoms with van der Waals surface area (Å²) in [4.78, 5) is 12.8. The minimum Gasteiger partial charge on any atom is -0.298 e. The average Bonchev–Trinajstić information content (AvgIpc) is 2.43. The van der Waals surface area contributed by atoms with Crippen LogP contribution in [0.15, 0.2) is 53.0 Å². The Kier molecular flexibility index (Phi) is 3.94. The lowest BCUT2D eigenvalue weighted by Crippen LogP contribution is -2.43. The van der Waals surface area contributed by atoms with E-state index in [-0.39, 0.29) is 23.4 Å². The highest BCUT2D eigenvalue weighted by Crippen LogP contribution is 2.45. The molecule has 3 heteroatoms. The Morgan fingerprint density at radius 2 is 1.86 bits per heavy atom. The summed E-state index contributed by atoms with van der Waals surface area (Å²) in [6, 6.07) is 14.5. The molecule has 0 unspecified atom stereocenters. The fourth-order valence-electron chi connectivity index (χ4n) is 3.04. The van der Waals surface area contributed by atoms with Gasteiger partial charge in [-0.15, -0.1) is 0 Å². The molecule has 108 valence electrons. The second kappa shape index (κ2) is 5.72. The third-order valence-electron chi connectivity index (χ3n) is 4.43. The van der Waals surface area contributed by atoms with E-state index >= 15 is 0 Å². The van der Waals surface area contributed by atoms with E-state index in [0.717, 1.165) is 34.9 Å². The molecule has 1 aliphatic carbocycles. The highest BCUT2D eigenvalue weighted by atomic mass is 79.9. The Labute approximate surface area is 132 Å². The zero-order chi connectivity index (χ0) is 14.9. The molecule has 1 aliphatic rings. The van der Waals surface area contributed by atoms with Crippen LogP contribution in [0, 0.1) is 5.82 Å². The molecular formula is C18H16BrFO. The van der Waals surface area contributed by atoms with Crippen molar-refractivity contribution in [2.45, 2.75) is 31.1 Å². The van der Waals surface area contributed by atoms with Crippen LogP contribution in [-0.4, -0.2) is 5.78 Å². The molecule has 3 rings (SSSR count). The van der Waals surface area contributed by atoms with E-state index in [0.29, 0.717) is 0 Å². The standard InChI is InChI=1S/C18H16BrFO/c19-16-8-7-15(20)11-13(16)12-17(21)18(9-4-10-18)14-5-2-1-3-6-14/h1-3,5-8,11H,4,9-10,12H2. The maximum atomic E-state index is 13.4. The molecule has 21 heavy (non-hydrogen) atoms. The number of benzene rings is 2. The molecule has 0 aromatic heterocycles. The number of carbonyl (C=O) groups is 1. The van der Waals surface area contributed by atoms with Crippen molar-refractivity contribution in [3.63, 3.8) is 0 Å². The first kappa shape index (κ1) is 14.5. The van der Waals surface area contributed by atoms with Crippen molar-refractivity contribution >= 4 is 21.7 Å². The lowest BCUT2D eigenvalue weighted by atomic mass is 9.61. The highest BCUT2D eigenvalue weighted by Gasteiger charge is 2.44. The van der Waals surface area contributed by atoms with Crippen LogP contribution in [0.25, 0.3) is 0 Å². The van der Waals surface area contributed by atoms with Gasteiger partial charge >= 0.3 is 0 Å². The van der Waals surface area contributed by atoms with E-state index in [4.69, 9.17) is 0 Å². The van der Waals surface area contributed by atoms with Crippen molar-refractivity contribution in [1.29, 1.82) is 0 Å². The minimum absolute atomic E-state index is 0.186. The van der Waals surface area contributed by atoms with Gasteiger partial charge in [0.05, 0.1) is 5.41 Å². The van der Waals surface area contributed by atoms with Gasteiger partial charge in [-0.1, -0.05) is 52.7 Å². The third kappa shape index (κ3) is 2.67. The summed E-state index contributed by atoms with van der Waals surface area (Å²) in [5.41, 5.74) is 1.45. The predicted octanol–water partition coefficient (Wildman–Crippen LogP) is 4.82. The molecule has 0 saturated heterocycles. The molecule has 0 atom stereocenters. The van der Waals surface area contributed by atoms with Crippen LogP contribution in [0.1, 0.15) is 30.4 Å². The van der Waals surface area contributed by atoms with Gasteiger partial charge in [-0.3, -0.25) is 4.79 Å². The zero-order valence-electron chi connectivity index (χ0n) is 11.6. The number of halogens is 2. The molecule has 0 N–H and O–H groups in total. The number of carbonyl (C=O) groups excluding carboxylic acids is 1. The number of Topliss-reactive ketones (excluding diaryl/α,β-unsaturated/α-hetero) is 1. The van der Waals surface area contributed by atoms with Gasteiger partial charge in [0.1, 0.15) is 11.6 Å². The summed E-state index contributed by atoms with van der Waals surface area (Å²) >= 11 is 3.40. The maximum absolute atomic E-state index is 13.4. The van der Waals surface area contributed by atoms with Gasteiger partial charge in [0.2, 0.25) is 0 Å². The first-order valence-corrected chi connectivity index (χ1v) is 7.94. The van der Waals surface area contributed by atoms with Crippen molar-refractivity contribution in [3.8, 4) is 0 Å². The summed E-state index contributed by atoms with van der Waals surface area (Å²) < 4.78 is 14.2. The fourth-order valence-corrected chi connectivity index (χ4v) is 3.42. The van der Waals surface area contributed by atoms with Crippen LogP contribution < -0.4 is 0 Å². The second-order valence-corrected chi connectivity index (χ2v) is 6.49. The largest absolute Gasteiger partial charge is 0.298 e. The summed E-state index contributed by atoms with van der Waals surface area (Å²) in [5, 5.41) is 0. The first-order chi connectivity index (χ1) is 10.1. The monoisotopic (exact) mass is 346 g/mol. The van der Waals surface area contributed by atoms with Crippen molar-refractivity contribution in [2.75, 3.05) is 0 Å². The van der Waals surface area contributed by atoms with E-state index in [9.17, 15) is 9.18 Å². The van der Waals surface area contributed by atoms with E-state index < -0.39 is 0 Å². The molecule has 0 heterocycles. The first-order valence-electron chi connectivity index (χ1n) is 7.15. The molecule has 0 spiro atoms. The Bertz CT molecular complexity index is 662. The smallest absolute Gasteiger partial charge is 0.147 e. The minimum atomic E-state index is -0.368. The predicted molar refractivity (Wildman–Crippen MR) is 84.8 cm³/mol. The summed E-state index contributed by atoms with van der Waals surface area (Å²) in [6.45, 7) is 0. The molecule has 2 aromatic rings. The van der Waals surface area contributed by atoms with Gasteiger partial charge in [-0.2, -0.15) is 0 Å². The van der Waals surface area contributed by atoms with Crippen LogP contribution in [0.3, 0.4) is 0 Å². The quantitative estimate of drug-likeness (QED) is 0.775. The molecule has 2 aromatic carbocycles. The van der Waals surface area contributed by atoms with Gasteiger partial charge in [0.25, 0.3) is 0 Å². The van der Waals surface area contributed by atoms with E-state index in [2.05, 4.69) is 15.9 Å². The van der Waals surface area contributed by atoms with Crippen molar-refractivity contribution < 1.29 is 9.18 Å². The van der Waals surface area contributed by atoms with Crippen LogP contribution in [0.5, 0.6) is 0 Å². The summed E-state index contributed by atoms with van der Waals surface area (Å²) in [5.74, 6) is -0.116. The normalized spacial score (nSPS) is 16.3. The SMILES string of the molecule is O=C(Cc1cc(F)ccc1Br)C1(c2ccccc2)CCC1. The molecule has 1 fully saturated rings. The van der Waals surface area contributed by atoms with Crippen molar-refractivity contribution in [3.05, 3.63) is 69.9 Å². The highest BCUT2D eigenvalue weighted by molar-refractivity contribution is 9.10. The van der Waals surface area contributed by atoms with Crippen molar-refractivity contribution in [1.82, 2.24) is 0 Å². The third-order valence-corrected chi connectivity index (χ3v) is 5.20. The van der Waals surface area contributed by atoms with E-state index in [1.165, 1.54) is 12.1 Å². The summed E-state index contributed by atoms with van der Waals surface area (Å²) in [7, 11) is 0. The Hall–Kier alpha value is -1.48. The number of hydrogen-bond donors (Lipinski definition) is 0. The Morgan fingerprint density at radius 3 is 2.48 bits per heavy atom. The second-order valence-electron chi connectivity index (χ2n) is 5.64. The van der Waals surface area contributed by atoms with Crippen LogP contribution in [0.4, 0.5) is 4.39 Å². The van der Waals surface area contributed by atoms with Gasteiger partial charge in [-0.25, -0.2) is 4.39 Å². The zero-order valence-corrected chi connectivity index (χ0v) is 13.2. The number of ketones is 1. The Morgan fingerprint density at radius 1 is 1.14 bits per heavy atom. The summed E-state index contributed by atoms with van der Waals surface area (Å²) in [6.07, 6.45) is 3.13. The van der Waals surface area contributed by atoms with Crippen LogP contribution in [0.2, 0.25) is 0 Å². The van der Waals surface area contributed by atoms with Gasteiger partial charge < -0.3 is 0 Å². The van der Waals surface area contributed by atoms with E-state index in [1.54, 1.807) is 6.07 Å². The number of hydrogen-bond acceptors (Lipinski definition) is 1. The van der Waals surface area contributed by atoms with E-state index in [1.807, 2.05) is 30.3 Å². The van der Waals surface area contributed by atoms with Gasteiger partial charge in [0, 0.05) is 10.9 Å².